The van der Waals surface area contributed by atoms with Crippen molar-refractivity contribution in [3.05, 3.63) is 88.9 Å². The van der Waals surface area contributed by atoms with E-state index in [1.165, 1.54) is 6.08 Å². The highest BCUT2D eigenvalue weighted by molar-refractivity contribution is 6.08. The van der Waals surface area contributed by atoms with Crippen LogP contribution >= 0.6 is 0 Å². The summed E-state index contributed by atoms with van der Waals surface area (Å²) in [5.74, 6) is 1.17. The summed E-state index contributed by atoms with van der Waals surface area (Å²) in [6.07, 6.45) is 5.92. The fourth-order valence-electron chi connectivity index (χ4n) is 3.88. The molecule has 36 heavy (non-hydrogen) atoms. The number of nitrogens with one attached hydrogen (secondary N) is 3. The lowest BCUT2D eigenvalue weighted by Gasteiger charge is -2.10. The van der Waals surface area contributed by atoms with E-state index in [1.54, 1.807) is 13.2 Å². The third-order valence-corrected chi connectivity index (χ3v) is 5.68. The average Bonchev–Trinajstić information content (AvgIpc) is 3.25. The molecule has 4 rings (SSSR count). The maximum Gasteiger partial charge on any atom is 0.250 e. The molecule has 4 aromatic rings. The molecule has 0 atom stereocenters. The quantitative estimate of drug-likeness (QED) is 0.201. The number of ether oxygens (including phenoxy) is 1. The standard InChI is InChI=1S/C28H30N6O2/c1-18-7-5-6-8-21(18)9-12-26(35)33-27(34-28-31-19(2)15-20(3)32-28)29-14-13-22-17-30-25-11-10-23(36-4)16-24(22)25/h5-12,15-17,30H,13-14H2,1-4H3,(H2,29,31,32,33,34,35)/b12-9+. The first-order valence-corrected chi connectivity index (χ1v) is 11.7. The summed E-state index contributed by atoms with van der Waals surface area (Å²) in [6, 6.07) is 15.7. The van der Waals surface area contributed by atoms with Gasteiger partial charge in [-0.15, -0.1) is 0 Å². The maximum atomic E-state index is 12.7. The van der Waals surface area contributed by atoms with Crippen LogP contribution in [0.1, 0.15) is 28.1 Å². The predicted molar refractivity (Wildman–Crippen MR) is 144 cm³/mol. The van der Waals surface area contributed by atoms with Crippen LogP contribution in [0.15, 0.2) is 65.8 Å². The number of guanidine groups is 1. The Bertz CT molecular complexity index is 1420. The Morgan fingerprint density at radius 1 is 1.08 bits per heavy atom. The maximum absolute atomic E-state index is 12.7. The van der Waals surface area contributed by atoms with E-state index in [9.17, 15) is 4.79 Å². The summed E-state index contributed by atoms with van der Waals surface area (Å²) in [4.78, 5) is 29.5. The number of aliphatic imine (C=N–C) groups is 1. The van der Waals surface area contributed by atoms with Crippen LogP contribution in [-0.4, -0.2) is 40.5 Å². The third-order valence-electron chi connectivity index (χ3n) is 5.68. The molecule has 0 saturated heterocycles. The number of aromatic amines is 1. The fraction of sp³-hybridized carbons (Fsp3) is 0.214. The molecular formula is C28H30N6O2. The minimum atomic E-state index is -0.300. The van der Waals surface area contributed by atoms with Crippen molar-refractivity contribution in [1.82, 2.24) is 20.3 Å². The van der Waals surface area contributed by atoms with Gasteiger partial charge in [-0.1, -0.05) is 24.3 Å². The highest BCUT2D eigenvalue weighted by atomic mass is 16.5. The number of carbonyl (C=O) groups is 1. The number of H-pyrrole nitrogens is 1. The van der Waals surface area contributed by atoms with E-state index in [2.05, 4.69) is 30.6 Å². The van der Waals surface area contributed by atoms with Crippen molar-refractivity contribution in [3.63, 3.8) is 0 Å². The van der Waals surface area contributed by atoms with Crippen molar-refractivity contribution < 1.29 is 9.53 Å². The molecule has 2 aromatic heterocycles. The zero-order valence-electron chi connectivity index (χ0n) is 20.9. The number of hydrogen-bond acceptors (Lipinski definition) is 5. The van der Waals surface area contributed by atoms with Crippen LogP contribution < -0.4 is 15.4 Å². The molecule has 0 aliphatic heterocycles. The van der Waals surface area contributed by atoms with Gasteiger partial charge >= 0.3 is 0 Å². The van der Waals surface area contributed by atoms with Gasteiger partial charge in [0.2, 0.25) is 11.9 Å². The highest BCUT2D eigenvalue weighted by Gasteiger charge is 2.09. The number of benzene rings is 2. The van der Waals surface area contributed by atoms with Crippen LogP contribution in [0.25, 0.3) is 17.0 Å². The lowest BCUT2D eigenvalue weighted by molar-refractivity contribution is -0.115. The number of anilines is 1. The first-order chi connectivity index (χ1) is 17.4. The molecule has 184 valence electrons. The first kappa shape index (κ1) is 24.7. The van der Waals surface area contributed by atoms with Gasteiger partial charge in [-0.3, -0.25) is 20.4 Å². The number of nitrogens with zero attached hydrogens (tertiary/aromatic N) is 3. The van der Waals surface area contributed by atoms with E-state index < -0.39 is 0 Å². The van der Waals surface area contributed by atoms with Crippen LogP contribution in [0.2, 0.25) is 0 Å². The van der Waals surface area contributed by atoms with Crippen molar-refractivity contribution in [1.29, 1.82) is 0 Å². The Kier molecular flexibility index (Phi) is 7.75. The zero-order valence-corrected chi connectivity index (χ0v) is 20.9. The van der Waals surface area contributed by atoms with Gasteiger partial charge in [0, 0.05) is 41.1 Å². The summed E-state index contributed by atoms with van der Waals surface area (Å²) in [6.45, 7) is 6.24. The lowest BCUT2D eigenvalue weighted by atomic mass is 10.1. The molecule has 0 aliphatic carbocycles. The third kappa shape index (κ3) is 6.35. The number of methoxy groups -OCH3 is 1. The van der Waals surface area contributed by atoms with Crippen molar-refractivity contribution in [2.75, 3.05) is 19.0 Å². The van der Waals surface area contributed by atoms with Crippen molar-refractivity contribution >= 4 is 34.8 Å². The van der Waals surface area contributed by atoms with Gasteiger partial charge in [-0.2, -0.15) is 0 Å². The van der Waals surface area contributed by atoms with Gasteiger partial charge in [0.15, 0.2) is 0 Å². The Morgan fingerprint density at radius 2 is 1.86 bits per heavy atom. The van der Waals surface area contributed by atoms with Crippen LogP contribution in [-0.2, 0) is 11.2 Å². The van der Waals surface area contributed by atoms with E-state index in [-0.39, 0.29) is 11.9 Å². The molecule has 0 radical (unpaired) electrons. The van der Waals surface area contributed by atoms with Gasteiger partial charge in [-0.25, -0.2) is 9.97 Å². The summed E-state index contributed by atoms with van der Waals surface area (Å²) in [7, 11) is 1.65. The van der Waals surface area contributed by atoms with E-state index in [0.29, 0.717) is 18.9 Å². The number of amides is 1. The van der Waals surface area contributed by atoms with E-state index >= 15 is 0 Å². The van der Waals surface area contributed by atoms with Gasteiger partial charge in [-0.05, 0) is 74.2 Å². The van der Waals surface area contributed by atoms with Crippen molar-refractivity contribution in [2.45, 2.75) is 27.2 Å². The molecule has 1 amide bonds. The number of hydrogen-bond donors (Lipinski definition) is 3. The largest absolute Gasteiger partial charge is 0.497 e. The van der Waals surface area contributed by atoms with Gasteiger partial charge < -0.3 is 9.72 Å². The summed E-state index contributed by atoms with van der Waals surface area (Å²) >= 11 is 0. The Morgan fingerprint density at radius 3 is 2.61 bits per heavy atom. The van der Waals surface area contributed by atoms with Crippen LogP contribution in [0.3, 0.4) is 0 Å². The second-order valence-electron chi connectivity index (χ2n) is 8.48. The Labute approximate surface area is 210 Å². The molecule has 8 nitrogen and oxygen atoms in total. The van der Waals surface area contributed by atoms with Crippen LogP contribution in [0.4, 0.5) is 5.95 Å². The van der Waals surface area contributed by atoms with E-state index in [0.717, 1.165) is 44.7 Å². The predicted octanol–water partition coefficient (Wildman–Crippen LogP) is 4.73. The normalized spacial score (nSPS) is 11.7. The molecule has 2 aromatic carbocycles. The van der Waals surface area contributed by atoms with E-state index in [4.69, 9.17) is 4.74 Å². The molecule has 0 bridgehead atoms. The second-order valence-corrected chi connectivity index (χ2v) is 8.48. The number of fused-ring (bicyclic) bond motifs is 1. The highest BCUT2D eigenvalue weighted by Crippen LogP contribution is 2.24. The minimum absolute atomic E-state index is 0.289. The zero-order chi connectivity index (χ0) is 25.5. The smallest absolute Gasteiger partial charge is 0.250 e. The van der Waals surface area contributed by atoms with Crippen LogP contribution in [0, 0.1) is 20.8 Å². The Hall–Kier alpha value is -4.46. The van der Waals surface area contributed by atoms with E-state index in [1.807, 2.05) is 75.5 Å². The molecule has 0 fully saturated rings. The topological polar surface area (TPSA) is 104 Å². The molecular weight excluding hydrogens is 452 g/mol. The van der Waals surface area contributed by atoms with Gasteiger partial charge in [0.1, 0.15) is 5.75 Å². The summed E-state index contributed by atoms with van der Waals surface area (Å²) in [5, 5.41) is 6.99. The van der Waals surface area contributed by atoms with Crippen LogP contribution in [0.5, 0.6) is 5.75 Å². The second kappa shape index (κ2) is 11.3. The Balaban J connectivity index is 1.52. The molecule has 3 N–H and O–H groups in total. The van der Waals surface area contributed by atoms with Crippen molar-refractivity contribution in [2.24, 2.45) is 4.99 Å². The number of carbonyl (C=O) groups excluding carboxylic acids is 1. The summed E-state index contributed by atoms with van der Waals surface area (Å²) in [5.41, 5.74) is 5.86. The number of aryl methyl sites for hydroxylation is 3. The SMILES string of the molecule is COc1ccc2[nH]cc(CCN=C(NC(=O)/C=C/c3ccccc3C)Nc3nc(C)cc(C)n3)c2c1. The minimum Gasteiger partial charge on any atom is -0.497 e. The molecule has 0 aliphatic rings. The summed E-state index contributed by atoms with van der Waals surface area (Å²) < 4.78 is 5.36. The molecule has 8 heteroatoms. The van der Waals surface area contributed by atoms with Gasteiger partial charge in [0.25, 0.3) is 5.91 Å². The molecule has 2 heterocycles. The average molecular weight is 483 g/mol. The molecule has 0 saturated carbocycles. The monoisotopic (exact) mass is 482 g/mol. The number of aromatic nitrogens is 3. The molecule has 0 spiro atoms. The first-order valence-electron chi connectivity index (χ1n) is 11.7. The van der Waals surface area contributed by atoms with Crippen molar-refractivity contribution in [3.8, 4) is 5.75 Å². The number of rotatable bonds is 7. The fourth-order valence-corrected chi connectivity index (χ4v) is 3.88. The van der Waals surface area contributed by atoms with Gasteiger partial charge in [0.05, 0.1) is 7.11 Å². The lowest BCUT2D eigenvalue weighted by Crippen LogP contribution is -2.35. The molecule has 0 unspecified atom stereocenters.